The maximum Gasteiger partial charge on any atom is 0.310 e. The van der Waals surface area contributed by atoms with E-state index in [0.717, 1.165) is 0 Å². The van der Waals surface area contributed by atoms with Gasteiger partial charge in [0.1, 0.15) is 0 Å². The summed E-state index contributed by atoms with van der Waals surface area (Å²) in [5, 5.41) is 32.9. The van der Waals surface area contributed by atoms with Crippen molar-refractivity contribution in [3.8, 4) is 17.2 Å². The molecule has 0 aliphatic carbocycles. The van der Waals surface area contributed by atoms with Crippen molar-refractivity contribution in [2.24, 2.45) is 5.10 Å². The van der Waals surface area contributed by atoms with E-state index < -0.39 is 17.4 Å². The largest absolute Gasteiger partial charge is 0.504 e. The second-order valence-electron chi connectivity index (χ2n) is 4.55. The van der Waals surface area contributed by atoms with Crippen LogP contribution in [-0.2, 0) is 4.79 Å². The fourth-order valence-electron chi connectivity index (χ4n) is 1.71. The zero-order valence-corrected chi connectivity index (χ0v) is 12.2. The number of nitrogens with one attached hydrogen (secondary N) is 1. The molecule has 0 fully saturated rings. The Morgan fingerprint density at radius 3 is 2.71 bits per heavy atom. The summed E-state index contributed by atoms with van der Waals surface area (Å²) < 4.78 is 5.10. The van der Waals surface area contributed by atoms with Gasteiger partial charge in [0.25, 0.3) is 5.91 Å². The van der Waals surface area contributed by atoms with Crippen LogP contribution in [0.1, 0.15) is 5.56 Å². The lowest BCUT2D eigenvalue weighted by atomic mass is 10.2. The minimum atomic E-state index is -0.618. The average Bonchev–Trinajstić information content (AvgIpc) is 2.56. The standard InChI is InChI=1S/C15H13N3O6/c19-12-6-5-10(7-13(12)20)8-16-17-15(21)9-24-14-4-2-1-3-11(14)18(22)23/h1-8,19-20H,9H2,(H,17,21). The van der Waals surface area contributed by atoms with Gasteiger partial charge >= 0.3 is 5.69 Å². The van der Waals surface area contributed by atoms with Crippen LogP contribution >= 0.6 is 0 Å². The molecule has 9 heteroatoms. The summed E-state index contributed by atoms with van der Waals surface area (Å²) in [5.74, 6) is -1.23. The number of amides is 1. The summed E-state index contributed by atoms with van der Waals surface area (Å²) >= 11 is 0. The molecule has 0 spiro atoms. The summed E-state index contributed by atoms with van der Waals surface area (Å²) in [6.45, 7) is -0.455. The minimum absolute atomic E-state index is 0.0231. The number of nitro groups is 1. The van der Waals surface area contributed by atoms with Crippen LogP contribution in [0.3, 0.4) is 0 Å². The number of para-hydroxylation sites is 2. The molecular weight excluding hydrogens is 318 g/mol. The highest BCUT2D eigenvalue weighted by atomic mass is 16.6. The number of phenols is 2. The Morgan fingerprint density at radius 2 is 2.00 bits per heavy atom. The van der Waals surface area contributed by atoms with Crippen LogP contribution in [0.2, 0.25) is 0 Å². The van der Waals surface area contributed by atoms with Gasteiger partial charge in [0.15, 0.2) is 23.9 Å². The smallest absolute Gasteiger partial charge is 0.310 e. The van der Waals surface area contributed by atoms with Crippen molar-refractivity contribution in [1.29, 1.82) is 0 Å². The summed E-state index contributed by atoms with van der Waals surface area (Å²) in [7, 11) is 0. The van der Waals surface area contributed by atoms with Gasteiger partial charge in [0, 0.05) is 6.07 Å². The highest BCUT2D eigenvalue weighted by molar-refractivity contribution is 5.83. The number of rotatable bonds is 6. The topological polar surface area (TPSA) is 134 Å². The van der Waals surface area contributed by atoms with Gasteiger partial charge in [-0.2, -0.15) is 5.10 Å². The third-order valence-corrected chi connectivity index (χ3v) is 2.82. The van der Waals surface area contributed by atoms with Crippen molar-refractivity contribution < 1.29 is 24.7 Å². The van der Waals surface area contributed by atoms with E-state index >= 15 is 0 Å². The molecule has 2 aromatic carbocycles. The number of phenolic OH excluding ortho intramolecular Hbond substituents is 2. The molecule has 2 aromatic rings. The Bertz CT molecular complexity index is 791. The molecule has 1 amide bonds. The maximum absolute atomic E-state index is 11.6. The van der Waals surface area contributed by atoms with E-state index in [-0.39, 0.29) is 22.9 Å². The van der Waals surface area contributed by atoms with Gasteiger partial charge in [-0.05, 0) is 29.8 Å². The molecule has 0 aromatic heterocycles. The van der Waals surface area contributed by atoms with Crippen molar-refractivity contribution in [2.75, 3.05) is 6.61 Å². The van der Waals surface area contributed by atoms with Gasteiger partial charge in [0.2, 0.25) is 0 Å². The first-order valence-corrected chi connectivity index (χ1v) is 6.67. The average molecular weight is 331 g/mol. The Morgan fingerprint density at radius 1 is 1.25 bits per heavy atom. The molecule has 0 saturated heterocycles. The zero-order chi connectivity index (χ0) is 17.5. The molecule has 9 nitrogen and oxygen atoms in total. The highest BCUT2D eigenvalue weighted by Crippen LogP contribution is 2.25. The van der Waals surface area contributed by atoms with Gasteiger partial charge in [-0.1, -0.05) is 12.1 Å². The second kappa shape index (κ2) is 7.58. The zero-order valence-electron chi connectivity index (χ0n) is 12.2. The lowest BCUT2D eigenvalue weighted by Crippen LogP contribution is -2.24. The molecule has 0 bridgehead atoms. The number of carbonyl (C=O) groups excluding carboxylic acids is 1. The molecule has 0 aliphatic heterocycles. The Hall–Kier alpha value is -3.62. The van der Waals surface area contributed by atoms with Crippen LogP contribution in [0.4, 0.5) is 5.69 Å². The quantitative estimate of drug-likeness (QED) is 0.318. The number of benzene rings is 2. The van der Waals surface area contributed by atoms with E-state index in [1.165, 1.54) is 42.6 Å². The fourth-order valence-corrected chi connectivity index (χ4v) is 1.71. The van der Waals surface area contributed by atoms with Crippen LogP contribution in [0.25, 0.3) is 0 Å². The first kappa shape index (κ1) is 16.7. The minimum Gasteiger partial charge on any atom is -0.504 e. The predicted octanol–water partition coefficient (Wildman–Crippen LogP) is 1.54. The summed E-state index contributed by atoms with van der Waals surface area (Å²) in [6.07, 6.45) is 1.25. The number of aromatic hydroxyl groups is 2. The van der Waals surface area contributed by atoms with E-state index in [9.17, 15) is 20.0 Å². The van der Waals surface area contributed by atoms with E-state index in [1.54, 1.807) is 6.07 Å². The van der Waals surface area contributed by atoms with E-state index in [0.29, 0.717) is 5.56 Å². The lowest BCUT2D eigenvalue weighted by molar-refractivity contribution is -0.385. The van der Waals surface area contributed by atoms with Gasteiger partial charge in [-0.25, -0.2) is 5.43 Å². The Balaban J connectivity index is 1.89. The van der Waals surface area contributed by atoms with E-state index in [4.69, 9.17) is 9.84 Å². The number of nitrogens with zero attached hydrogens (tertiary/aromatic N) is 2. The number of ether oxygens (including phenoxy) is 1. The van der Waals surface area contributed by atoms with E-state index in [2.05, 4.69) is 10.5 Å². The van der Waals surface area contributed by atoms with Gasteiger partial charge in [-0.15, -0.1) is 0 Å². The molecule has 24 heavy (non-hydrogen) atoms. The van der Waals surface area contributed by atoms with Crippen LogP contribution < -0.4 is 10.2 Å². The molecule has 0 atom stereocenters. The van der Waals surface area contributed by atoms with Crippen molar-refractivity contribution >= 4 is 17.8 Å². The third-order valence-electron chi connectivity index (χ3n) is 2.82. The van der Waals surface area contributed by atoms with Crippen molar-refractivity contribution in [2.45, 2.75) is 0 Å². The molecule has 0 heterocycles. The summed E-state index contributed by atoms with van der Waals surface area (Å²) in [6, 6.07) is 9.70. The van der Waals surface area contributed by atoms with Crippen molar-refractivity contribution in [3.05, 3.63) is 58.1 Å². The molecule has 0 radical (unpaired) electrons. The first-order chi connectivity index (χ1) is 11.5. The van der Waals surface area contributed by atoms with Gasteiger partial charge < -0.3 is 14.9 Å². The van der Waals surface area contributed by atoms with Crippen LogP contribution in [-0.4, -0.2) is 33.9 Å². The Labute approximate surface area is 136 Å². The number of hydrogen-bond acceptors (Lipinski definition) is 7. The summed E-state index contributed by atoms with van der Waals surface area (Å²) in [5.41, 5.74) is 2.38. The molecule has 2 rings (SSSR count). The monoisotopic (exact) mass is 331 g/mol. The number of carbonyl (C=O) groups is 1. The van der Waals surface area contributed by atoms with Crippen LogP contribution in [0.15, 0.2) is 47.6 Å². The normalized spacial score (nSPS) is 10.5. The molecule has 0 aliphatic rings. The maximum atomic E-state index is 11.6. The first-order valence-electron chi connectivity index (χ1n) is 6.67. The summed E-state index contributed by atoms with van der Waals surface area (Å²) in [4.78, 5) is 21.8. The molecule has 0 unspecified atom stereocenters. The molecule has 0 saturated carbocycles. The number of nitro benzene ring substituents is 1. The number of hydrazone groups is 1. The lowest BCUT2D eigenvalue weighted by Gasteiger charge is -2.05. The SMILES string of the molecule is O=C(COc1ccccc1[N+](=O)[O-])NN=Cc1ccc(O)c(O)c1. The molecule has 124 valence electrons. The van der Waals surface area contributed by atoms with Crippen LogP contribution in [0, 0.1) is 10.1 Å². The van der Waals surface area contributed by atoms with Crippen molar-refractivity contribution in [1.82, 2.24) is 5.43 Å². The highest BCUT2D eigenvalue weighted by Gasteiger charge is 2.14. The third kappa shape index (κ3) is 4.44. The van der Waals surface area contributed by atoms with Crippen LogP contribution in [0.5, 0.6) is 17.2 Å². The predicted molar refractivity (Wildman–Crippen MR) is 84.1 cm³/mol. The fraction of sp³-hybridized carbons (Fsp3) is 0.0667. The van der Waals surface area contributed by atoms with Crippen molar-refractivity contribution in [3.63, 3.8) is 0 Å². The second-order valence-corrected chi connectivity index (χ2v) is 4.55. The molecular formula is C15H13N3O6. The molecule has 3 N–H and O–H groups in total. The Kier molecular flexibility index (Phi) is 5.29. The van der Waals surface area contributed by atoms with E-state index in [1.807, 2.05) is 0 Å². The van der Waals surface area contributed by atoms with Gasteiger partial charge in [-0.3, -0.25) is 14.9 Å². The van der Waals surface area contributed by atoms with Gasteiger partial charge in [0.05, 0.1) is 11.1 Å². The number of hydrogen-bond donors (Lipinski definition) is 3.